The number of thioether (sulfide) groups is 1. The third-order valence-electron chi connectivity index (χ3n) is 11.5. The summed E-state index contributed by atoms with van der Waals surface area (Å²) in [5.41, 5.74) is 3.26. The Morgan fingerprint density at radius 3 is 1.40 bits per heavy atom. The van der Waals surface area contributed by atoms with Gasteiger partial charge >= 0.3 is 17.9 Å². The molecule has 6 aromatic rings. The highest BCUT2D eigenvalue weighted by Crippen LogP contribution is 2.37. The van der Waals surface area contributed by atoms with E-state index in [4.69, 9.17) is 42.6 Å². The number of rotatable bonds is 20. The number of methoxy groups -OCH3 is 1. The average Bonchev–Trinajstić information content (AvgIpc) is 3.39. The second-order valence-electron chi connectivity index (χ2n) is 16.3. The quantitative estimate of drug-likeness (QED) is 0.0532. The van der Waals surface area contributed by atoms with E-state index in [9.17, 15) is 14.4 Å². The summed E-state index contributed by atoms with van der Waals surface area (Å²) >= 11 is 1.41. The molecular formula is C55H54O12S. The van der Waals surface area contributed by atoms with Crippen molar-refractivity contribution >= 4 is 29.7 Å². The molecule has 0 saturated carbocycles. The first-order chi connectivity index (χ1) is 33.4. The van der Waals surface area contributed by atoms with Crippen LogP contribution in [0.15, 0.2) is 182 Å². The lowest BCUT2D eigenvalue weighted by atomic mass is 9.98. The van der Waals surface area contributed by atoms with Crippen molar-refractivity contribution < 1.29 is 57.0 Å². The molecule has 12 nitrogen and oxygen atoms in total. The molecule has 2 aliphatic heterocycles. The lowest BCUT2D eigenvalue weighted by Gasteiger charge is -2.45. The third kappa shape index (κ3) is 13.3. The minimum absolute atomic E-state index is 0.147. The molecule has 8 rings (SSSR count). The molecule has 352 valence electrons. The monoisotopic (exact) mass is 938 g/mol. The summed E-state index contributed by atoms with van der Waals surface area (Å²) in [6.07, 6.45) is -7.42. The van der Waals surface area contributed by atoms with Gasteiger partial charge < -0.3 is 42.6 Å². The first-order valence-electron chi connectivity index (χ1n) is 22.6. The number of hydrogen-bond donors (Lipinski definition) is 0. The van der Waals surface area contributed by atoms with Crippen molar-refractivity contribution in [3.8, 4) is 0 Å². The lowest BCUT2D eigenvalue weighted by Crippen LogP contribution is -2.62. The molecule has 0 bridgehead atoms. The fraction of sp³-hybridized carbons (Fsp3) is 0.291. The maximum absolute atomic E-state index is 14.0. The fourth-order valence-corrected chi connectivity index (χ4v) is 9.24. The summed E-state index contributed by atoms with van der Waals surface area (Å²) in [7, 11) is 1.40. The van der Waals surface area contributed by atoms with Gasteiger partial charge in [0, 0.05) is 19.3 Å². The van der Waals surface area contributed by atoms with Crippen LogP contribution in [0.25, 0.3) is 0 Å². The van der Waals surface area contributed by atoms with Crippen molar-refractivity contribution in [2.24, 2.45) is 0 Å². The first kappa shape index (κ1) is 48.3. The van der Waals surface area contributed by atoms with Crippen LogP contribution in [-0.2, 0) is 62.5 Å². The Balaban J connectivity index is 1.09. The van der Waals surface area contributed by atoms with Gasteiger partial charge in [-0.15, -0.1) is 11.8 Å². The summed E-state index contributed by atoms with van der Waals surface area (Å²) < 4.78 is 57.7. The molecule has 0 amide bonds. The molecule has 0 spiro atoms. The number of benzene rings is 6. The molecule has 9 atom stereocenters. The van der Waals surface area contributed by atoms with Crippen molar-refractivity contribution in [1.82, 2.24) is 0 Å². The van der Waals surface area contributed by atoms with Crippen LogP contribution in [-0.4, -0.2) is 91.8 Å². The van der Waals surface area contributed by atoms with Crippen LogP contribution < -0.4 is 0 Å². The second-order valence-corrected chi connectivity index (χ2v) is 17.4. The largest absolute Gasteiger partial charge is 0.452 e. The molecule has 0 aromatic heterocycles. The molecule has 2 saturated heterocycles. The van der Waals surface area contributed by atoms with Crippen LogP contribution >= 0.6 is 11.8 Å². The molecule has 13 heteroatoms. The Morgan fingerprint density at radius 2 is 0.912 bits per heavy atom. The van der Waals surface area contributed by atoms with Crippen LogP contribution in [0.3, 0.4) is 0 Å². The number of carbonyl (C=O) groups is 3. The smallest absolute Gasteiger partial charge is 0.338 e. The zero-order valence-corrected chi connectivity index (χ0v) is 38.4. The van der Waals surface area contributed by atoms with Crippen molar-refractivity contribution in [1.29, 1.82) is 0 Å². The van der Waals surface area contributed by atoms with E-state index < -0.39 is 72.4 Å². The molecule has 2 heterocycles. The van der Waals surface area contributed by atoms with Crippen molar-refractivity contribution in [3.63, 3.8) is 0 Å². The minimum Gasteiger partial charge on any atom is -0.452 e. The van der Waals surface area contributed by atoms with Crippen LogP contribution in [0.4, 0.5) is 0 Å². The van der Waals surface area contributed by atoms with Gasteiger partial charge in [0.25, 0.3) is 0 Å². The molecule has 2 fully saturated rings. The molecule has 5 unspecified atom stereocenters. The first-order valence-corrected chi connectivity index (χ1v) is 23.6. The van der Waals surface area contributed by atoms with Gasteiger partial charge in [0.05, 0.1) is 49.2 Å². The van der Waals surface area contributed by atoms with E-state index in [1.54, 1.807) is 91.0 Å². The van der Waals surface area contributed by atoms with Gasteiger partial charge in [-0.2, -0.15) is 0 Å². The number of ether oxygens (including phenoxy) is 9. The van der Waals surface area contributed by atoms with Crippen LogP contribution in [0.5, 0.6) is 0 Å². The fourth-order valence-electron chi connectivity index (χ4n) is 8.03. The molecular weight excluding hydrogens is 885 g/mol. The Hall–Kier alpha value is -6.16. The Kier molecular flexibility index (Phi) is 17.6. The van der Waals surface area contributed by atoms with Gasteiger partial charge in [0.1, 0.15) is 23.7 Å². The number of esters is 3. The molecule has 2 aliphatic rings. The van der Waals surface area contributed by atoms with Gasteiger partial charge in [0.15, 0.2) is 24.6 Å². The minimum atomic E-state index is -1.39. The predicted molar refractivity (Wildman–Crippen MR) is 254 cm³/mol. The Labute approximate surface area is 400 Å². The van der Waals surface area contributed by atoms with E-state index in [-0.39, 0.29) is 29.1 Å². The molecule has 0 aliphatic carbocycles. The summed E-state index contributed by atoms with van der Waals surface area (Å²) in [5.74, 6) is -2.00. The van der Waals surface area contributed by atoms with E-state index in [2.05, 4.69) is 0 Å². The topological polar surface area (TPSA) is 134 Å². The highest BCUT2D eigenvalue weighted by molar-refractivity contribution is 7.99. The van der Waals surface area contributed by atoms with E-state index in [1.165, 1.54) is 18.9 Å². The van der Waals surface area contributed by atoms with E-state index in [0.29, 0.717) is 26.2 Å². The van der Waals surface area contributed by atoms with Gasteiger partial charge in [-0.25, -0.2) is 14.4 Å². The van der Waals surface area contributed by atoms with E-state index in [0.717, 1.165) is 16.7 Å². The highest BCUT2D eigenvalue weighted by Gasteiger charge is 2.53. The van der Waals surface area contributed by atoms with E-state index >= 15 is 0 Å². The average molecular weight is 939 g/mol. The standard InChI is InChI=1S/C55H54O12S/c1-59-55-51(67-54(58)43-30-18-7-19-31-43)50(66-53(57)42-28-16-6-17-29-42)49(65-52(56)41-26-14-5-15-27-41)46(64-55)37-68-47-32-44(61-34-39-22-10-3-11-23-39)48(62-35-40-24-12-4-13-25-40)45(63-47)36-60-33-38-20-8-2-9-21-38/h2-31,44-51,55H,32-37H2,1H3/t44-,45?,46?,47-,48-,49+,50?,51?,55?/m1/s1. The van der Waals surface area contributed by atoms with Crippen LogP contribution in [0.2, 0.25) is 0 Å². The van der Waals surface area contributed by atoms with Crippen LogP contribution in [0.1, 0.15) is 54.2 Å². The van der Waals surface area contributed by atoms with Crippen molar-refractivity contribution in [3.05, 3.63) is 215 Å². The lowest BCUT2D eigenvalue weighted by molar-refractivity contribution is -0.282. The predicted octanol–water partition coefficient (Wildman–Crippen LogP) is 9.27. The SMILES string of the molecule is COC1OC(CS[C@@H]2C[C@@H](OCc3ccccc3)[C@@H](OCc3ccccc3)C(COCc3ccccc3)O2)[C@H](OC(=O)c2ccccc2)C(OC(=O)c2ccccc2)C1OC(=O)c1ccccc1. The Morgan fingerprint density at radius 1 is 0.485 bits per heavy atom. The maximum Gasteiger partial charge on any atom is 0.338 e. The zero-order chi connectivity index (χ0) is 46.9. The molecule has 68 heavy (non-hydrogen) atoms. The second kappa shape index (κ2) is 24.7. The normalized spacial score (nSPS) is 23.5. The third-order valence-corrected chi connectivity index (χ3v) is 12.7. The maximum atomic E-state index is 14.0. The molecule has 0 N–H and O–H groups in total. The summed E-state index contributed by atoms with van der Waals surface area (Å²) in [6, 6.07) is 55.0. The highest BCUT2D eigenvalue weighted by atomic mass is 32.2. The number of carbonyl (C=O) groups excluding carboxylic acids is 3. The van der Waals surface area contributed by atoms with E-state index in [1.807, 2.05) is 91.0 Å². The van der Waals surface area contributed by atoms with Crippen molar-refractivity contribution in [2.75, 3.05) is 19.5 Å². The van der Waals surface area contributed by atoms with Crippen molar-refractivity contribution in [2.45, 2.75) is 80.7 Å². The zero-order valence-electron chi connectivity index (χ0n) is 37.6. The van der Waals surface area contributed by atoms with Gasteiger partial charge in [-0.05, 0) is 53.1 Å². The van der Waals surface area contributed by atoms with Gasteiger partial charge in [-0.3, -0.25) is 0 Å². The van der Waals surface area contributed by atoms with Crippen LogP contribution in [0, 0.1) is 0 Å². The molecule has 6 aromatic carbocycles. The Bertz CT molecular complexity index is 2450. The van der Waals surface area contributed by atoms with Gasteiger partial charge in [-0.1, -0.05) is 146 Å². The number of hydrogen-bond acceptors (Lipinski definition) is 13. The van der Waals surface area contributed by atoms with Gasteiger partial charge in [0.2, 0.25) is 0 Å². The summed E-state index contributed by atoms with van der Waals surface area (Å²) in [6.45, 7) is 1.23. The molecule has 0 radical (unpaired) electrons. The summed E-state index contributed by atoms with van der Waals surface area (Å²) in [5, 5.41) is 0. The summed E-state index contributed by atoms with van der Waals surface area (Å²) in [4.78, 5) is 41.7.